The maximum absolute atomic E-state index is 12.2. The molecule has 5 nitrogen and oxygen atoms in total. The number of hydrogen-bond donors (Lipinski definition) is 3. The molecule has 5 heteroatoms. The monoisotopic (exact) mass is 297 g/mol. The molecule has 1 aliphatic heterocycles. The van der Waals surface area contributed by atoms with Gasteiger partial charge in [0, 0.05) is 12.1 Å². The van der Waals surface area contributed by atoms with Crippen molar-refractivity contribution in [3.05, 3.63) is 54.1 Å². The van der Waals surface area contributed by atoms with Crippen LogP contribution in [0.1, 0.15) is 16.8 Å². The fraction of sp³-hybridized carbons (Fsp3) is 0.235. The second-order valence-corrected chi connectivity index (χ2v) is 5.30. The van der Waals surface area contributed by atoms with Gasteiger partial charge in [-0.2, -0.15) is 0 Å². The van der Waals surface area contributed by atoms with Crippen molar-refractivity contribution in [2.45, 2.75) is 12.5 Å². The van der Waals surface area contributed by atoms with Crippen LogP contribution < -0.4 is 21.1 Å². The first-order valence-electron chi connectivity index (χ1n) is 7.35. The molecule has 1 heterocycles. The highest BCUT2D eigenvalue weighted by atomic mass is 16.5. The lowest BCUT2D eigenvalue weighted by atomic mass is 10.2. The third-order valence-corrected chi connectivity index (χ3v) is 3.64. The molecule has 1 amide bonds. The van der Waals surface area contributed by atoms with E-state index in [9.17, 15) is 4.79 Å². The van der Waals surface area contributed by atoms with E-state index < -0.39 is 0 Å². The number of nitrogens with two attached hydrogens (primary N) is 1. The third-order valence-electron chi connectivity index (χ3n) is 3.64. The Labute approximate surface area is 129 Å². The summed E-state index contributed by atoms with van der Waals surface area (Å²) >= 11 is 0. The highest BCUT2D eigenvalue weighted by molar-refractivity contribution is 6.05. The number of hydrogen-bond acceptors (Lipinski definition) is 4. The van der Waals surface area contributed by atoms with Crippen LogP contribution in [0.5, 0.6) is 5.75 Å². The van der Waals surface area contributed by atoms with Gasteiger partial charge in [-0.15, -0.1) is 0 Å². The molecule has 1 atom stereocenters. The Balaban J connectivity index is 1.64. The Bertz CT molecular complexity index is 649. The van der Waals surface area contributed by atoms with E-state index in [4.69, 9.17) is 10.5 Å². The van der Waals surface area contributed by atoms with E-state index in [1.54, 1.807) is 24.3 Å². The number of anilines is 2. The van der Waals surface area contributed by atoms with Crippen molar-refractivity contribution in [1.82, 2.24) is 5.32 Å². The van der Waals surface area contributed by atoms with Gasteiger partial charge in [-0.1, -0.05) is 12.1 Å². The molecule has 114 valence electrons. The predicted molar refractivity (Wildman–Crippen MR) is 87.2 cm³/mol. The van der Waals surface area contributed by atoms with Gasteiger partial charge in [-0.05, 0) is 49.4 Å². The molecule has 0 aromatic heterocycles. The first-order valence-corrected chi connectivity index (χ1v) is 7.35. The van der Waals surface area contributed by atoms with Gasteiger partial charge in [0.25, 0.3) is 5.91 Å². The highest BCUT2D eigenvalue weighted by Gasteiger charge is 2.16. The first kappa shape index (κ1) is 14.4. The number of benzene rings is 2. The van der Waals surface area contributed by atoms with Gasteiger partial charge in [-0.25, -0.2) is 0 Å². The maximum Gasteiger partial charge on any atom is 0.255 e. The summed E-state index contributed by atoms with van der Waals surface area (Å²) in [7, 11) is 0. The van der Waals surface area contributed by atoms with Crippen LogP contribution in [-0.4, -0.2) is 25.1 Å². The van der Waals surface area contributed by atoms with Crippen LogP contribution in [0.15, 0.2) is 48.5 Å². The first-order chi connectivity index (χ1) is 10.7. The van der Waals surface area contributed by atoms with Crippen molar-refractivity contribution < 1.29 is 9.53 Å². The number of rotatable bonds is 4. The van der Waals surface area contributed by atoms with E-state index in [0.29, 0.717) is 16.9 Å². The molecule has 2 aromatic carbocycles. The summed E-state index contributed by atoms with van der Waals surface area (Å²) < 4.78 is 5.83. The number of carbonyl (C=O) groups excluding carboxylic acids is 1. The van der Waals surface area contributed by atoms with Crippen LogP contribution in [0.25, 0.3) is 0 Å². The van der Waals surface area contributed by atoms with Crippen molar-refractivity contribution in [1.29, 1.82) is 0 Å². The summed E-state index contributed by atoms with van der Waals surface area (Å²) in [4.78, 5) is 12.2. The van der Waals surface area contributed by atoms with Crippen molar-refractivity contribution >= 4 is 17.3 Å². The number of amides is 1. The highest BCUT2D eigenvalue weighted by Crippen LogP contribution is 2.20. The van der Waals surface area contributed by atoms with Crippen LogP contribution in [-0.2, 0) is 0 Å². The fourth-order valence-corrected chi connectivity index (χ4v) is 2.41. The van der Waals surface area contributed by atoms with Crippen LogP contribution in [0.3, 0.4) is 0 Å². The Hall–Kier alpha value is -2.53. The summed E-state index contributed by atoms with van der Waals surface area (Å²) in [6, 6.07) is 14.3. The number of nitrogens with one attached hydrogen (secondary N) is 2. The van der Waals surface area contributed by atoms with Gasteiger partial charge >= 0.3 is 0 Å². The zero-order chi connectivity index (χ0) is 15.4. The summed E-state index contributed by atoms with van der Waals surface area (Å²) in [5.74, 6) is 0.594. The molecule has 0 spiro atoms. The minimum absolute atomic E-state index is 0.188. The van der Waals surface area contributed by atoms with E-state index in [0.717, 1.165) is 25.3 Å². The lowest BCUT2D eigenvalue weighted by molar-refractivity contribution is 0.102. The van der Waals surface area contributed by atoms with Crippen LogP contribution in [0.4, 0.5) is 11.4 Å². The minimum atomic E-state index is -0.188. The summed E-state index contributed by atoms with van der Waals surface area (Å²) in [6.07, 6.45) is 1.22. The number of carbonyl (C=O) groups is 1. The smallest absolute Gasteiger partial charge is 0.255 e. The lowest BCUT2D eigenvalue weighted by Crippen LogP contribution is -2.19. The molecule has 0 bridgehead atoms. The van der Waals surface area contributed by atoms with Gasteiger partial charge in [0.1, 0.15) is 11.9 Å². The molecule has 1 fully saturated rings. The molecule has 0 aliphatic carbocycles. The van der Waals surface area contributed by atoms with E-state index in [1.165, 1.54) is 0 Å². The van der Waals surface area contributed by atoms with Crippen LogP contribution in [0, 0.1) is 0 Å². The van der Waals surface area contributed by atoms with Crippen molar-refractivity contribution in [2.75, 3.05) is 24.1 Å². The van der Waals surface area contributed by atoms with E-state index in [-0.39, 0.29) is 12.0 Å². The Kier molecular flexibility index (Phi) is 4.25. The minimum Gasteiger partial charge on any atom is -0.489 e. The second kappa shape index (κ2) is 6.49. The average Bonchev–Trinajstić information content (AvgIpc) is 3.03. The maximum atomic E-state index is 12.2. The van der Waals surface area contributed by atoms with Crippen molar-refractivity contribution in [3.63, 3.8) is 0 Å². The van der Waals surface area contributed by atoms with Crippen LogP contribution >= 0.6 is 0 Å². The van der Waals surface area contributed by atoms with Crippen molar-refractivity contribution in [2.24, 2.45) is 0 Å². The Morgan fingerprint density at radius 1 is 1.18 bits per heavy atom. The molecule has 1 saturated heterocycles. The molecule has 1 unspecified atom stereocenters. The van der Waals surface area contributed by atoms with E-state index >= 15 is 0 Å². The Morgan fingerprint density at radius 2 is 1.95 bits per heavy atom. The van der Waals surface area contributed by atoms with Gasteiger partial charge in [-0.3, -0.25) is 4.79 Å². The topological polar surface area (TPSA) is 76.4 Å². The van der Waals surface area contributed by atoms with Gasteiger partial charge in [0.15, 0.2) is 0 Å². The average molecular weight is 297 g/mol. The molecule has 0 saturated carbocycles. The third kappa shape index (κ3) is 3.38. The summed E-state index contributed by atoms with van der Waals surface area (Å²) in [6.45, 7) is 1.86. The number of nitrogen functional groups attached to an aromatic ring is 1. The fourth-order valence-electron chi connectivity index (χ4n) is 2.41. The Morgan fingerprint density at radius 3 is 2.64 bits per heavy atom. The SMILES string of the molecule is Nc1ccccc1NC(=O)c1ccc(OC2CCNC2)cc1. The largest absolute Gasteiger partial charge is 0.489 e. The molecule has 0 radical (unpaired) electrons. The van der Waals surface area contributed by atoms with Gasteiger partial charge in [0.2, 0.25) is 0 Å². The molecule has 4 N–H and O–H groups in total. The number of ether oxygens (including phenoxy) is 1. The summed E-state index contributed by atoms with van der Waals surface area (Å²) in [5.41, 5.74) is 7.55. The normalized spacial score (nSPS) is 17.2. The molecule has 1 aliphatic rings. The molecular formula is C17H19N3O2. The zero-order valence-corrected chi connectivity index (χ0v) is 12.2. The zero-order valence-electron chi connectivity index (χ0n) is 12.2. The van der Waals surface area contributed by atoms with Gasteiger partial charge < -0.3 is 21.1 Å². The molecule has 2 aromatic rings. The standard InChI is InChI=1S/C17H19N3O2/c18-15-3-1-2-4-16(15)20-17(21)12-5-7-13(8-6-12)22-14-9-10-19-11-14/h1-8,14,19H,9-11,18H2,(H,20,21). The quantitative estimate of drug-likeness (QED) is 0.757. The second-order valence-electron chi connectivity index (χ2n) is 5.30. The van der Waals surface area contributed by atoms with E-state index in [2.05, 4.69) is 10.6 Å². The van der Waals surface area contributed by atoms with Crippen molar-refractivity contribution in [3.8, 4) is 5.75 Å². The van der Waals surface area contributed by atoms with E-state index in [1.807, 2.05) is 24.3 Å². The molecule has 22 heavy (non-hydrogen) atoms. The summed E-state index contributed by atoms with van der Waals surface area (Å²) in [5, 5.41) is 6.06. The molecule has 3 rings (SSSR count). The lowest BCUT2D eigenvalue weighted by Gasteiger charge is -2.13. The van der Waals surface area contributed by atoms with Gasteiger partial charge in [0.05, 0.1) is 11.4 Å². The number of para-hydroxylation sites is 2. The molecular weight excluding hydrogens is 278 g/mol. The van der Waals surface area contributed by atoms with Crippen LogP contribution in [0.2, 0.25) is 0 Å². The predicted octanol–water partition coefficient (Wildman–Crippen LogP) is 2.26.